The van der Waals surface area contributed by atoms with Crippen LogP contribution in [0.4, 0.5) is 0 Å². The number of unbranched alkanes of at least 4 members (excludes halogenated alkanes) is 1. The molecule has 0 saturated carbocycles. The van der Waals surface area contributed by atoms with E-state index in [0.29, 0.717) is 11.5 Å². The van der Waals surface area contributed by atoms with Gasteiger partial charge >= 0.3 is 0 Å². The molecule has 6 rings (SSSR count). The molecular formula is C30H30O4. The maximum absolute atomic E-state index is 11.1. The number of ether oxygens (including phenoxy) is 2. The van der Waals surface area contributed by atoms with Gasteiger partial charge < -0.3 is 19.7 Å². The van der Waals surface area contributed by atoms with Crippen LogP contribution in [0.2, 0.25) is 0 Å². The minimum atomic E-state index is 0.402. The fourth-order valence-electron chi connectivity index (χ4n) is 5.83. The summed E-state index contributed by atoms with van der Waals surface area (Å²) >= 11 is 0. The molecule has 0 bridgehead atoms. The molecule has 2 aliphatic rings. The zero-order valence-electron chi connectivity index (χ0n) is 19.4. The van der Waals surface area contributed by atoms with E-state index in [1.54, 1.807) is 0 Å². The van der Waals surface area contributed by atoms with E-state index in [0.717, 1.165) is 109 Å². The van der Waals surface area contributed by atoms with Crippen molar-refractivity contribution in [1.29, 1.82) is 0 Å². The van der Waals surface area contributed by atoms with Gasteiger partial charge in [-0.05, 0) is 51.4 Å². The molecule has 0 fully saturated rings. The van der Waals surface area contributed by atoms with Gasteiger partial charge in [0.2, 0.25) is 0 Å². The first-order valence-corrected chi connectivity index (χ1v) is 12.5. The molecule has 0 atom stereocenters. The molecule has 0 aliphatic carbocycles. The van der Waals surface area contributed by atoms with Crippen LogP contribution in [0.1, 0.15) is 47.9 Å². The summed E-state index contributed by atoms with van der Waals surface area (Å²) in [4.78, 5) is 0. The Morgan fingerprint density at radius 3 is 1.44 bits per heavy atom. The van der Waals surface area contributed by atoms with Crippen LogP contribution in [0.3, 0.4) is 0 Å². The van der Waals surface area contributed by atoms with Gasteiger partial charge in [0.05, 0.1) is 13.2 Å². The first-order chi connectivity index (χ1) is 16.7. The normalized spacial score (nSPS) is 14.9. The maximum atomic E-state index is 11.1. The van der Waals surface area contributed by atoms with E-state index in [1.165, 1.54) is 11.1 Å². The third kappa shape index (κ3) is 3.44. The molecule has 0 unspecified atom stereocenters. The van der Waals surface area contributed by atoms with E-state index in [2.05, 4.69) is 0 Å². The third-order valence-corrected chi connectivity index (χ3v) is 7.44. The number of hydrogen-bond acceptors (Lipinski definition) is 4. The van der Waals surface area contributed by atoms with Crippen molar-refractivity contribution < 1.29 is 19.7 Å². The Balaban J connectivity index is 1.28. The first kappa shape index (κ1) is 21.2. The molecule has 0 saturated heterocycles. The summed E-state index contributed by atoms with van der Waals surface area (Å²) < 4.78 is 12.1. The van der Waals surface area contributed by atoms with Crippen LogP contribution in [0.15, 0.2) is 48.5 Å². The molecule has 0 amide bonds. The Hall–Kier alpha value is -3.40. The fraction of sp³-hybridized carbons (Fsp3) is 0.333. The molecule has 2 heterocycles. The molecule has 0 spiro atoms. The minimum absolute atomic E-state index is 0.402. The monoisotopic (exact) mass is 454 g/mol. The molecular weight excluding hydrogens is 424 g/mol. The molecule has 0 aromatic heterocycles. The lowest BCUT2D eigenvalue weighted by Gasteiger charge is -2.24. The van der Waals surface area contributed by atoms with Gasteiger partial charge in [-0.3, -0.25) is 0 Å². The number of hydrogen-bond donors (Lipinski definition) is 2. The highest BCUT2D eigenvalue weighted by Gasteiger charge is 2.24. The number of rotatable bonds is 5. The molecule has 174 valence electrons. The van der Waals surface area contributed by atoms with E-state index in [1.807, 2.05) is 48.5 Å². The Bertz CT molecular complexity index is 1280. The quantitative estimate of drug-likeness (QED) is 0.333. The topological polar surface area (TPSA) is 58.9 Å². The van der Waals surface area contributed by atoms with Crippen LogP contribution in [0.5, 0.6) is 23.0 Å². The van der Waals surface area contributed by atoms with Crippen molar-refractivity contribution in [3.8, 4) is 23.0 Å². The van der Waals surface area contributed by atoms with E-state index in [-0.39, 0.29) is 0 Å². The molecule has 4 nitrogen and oxygen atoms in total. The van der Waals surface area contributed by atoms with Gasteiger partial charge in [-0.15, -0.1) is 0 Å². The fourth-order valence-corrected chi connectivity index (χ4v) is 5.83. The molecule has 34 heavy (non-hydrogen) atoms. The van der Waals surface area contributed by atoms with Crippen molar-refractivity contribution in [3.05, 3.63) is 70.8 Å². The average Bonchev–Trinajstić information content (AvgIpc) is 2.90. The number of fused-ring (bicyclic) bond motifs is 6. The highest BCUT2D eigenvalue weighted by Crippen LogP contribution is 2.45. The summed E-state index contributed by atoms with van der Waals surface area (Å²) in [5, 5.41) is 26.0. The summed E-state index contributed by atoms with van der Waals surface area (Å²) in [6, 6.07) is 16.0. The lowest BCUT2D eigenvalue weighted by molar-refractivity contribution is 0.290. The highest BCUT2D eigenvalue weighted by atomic mass is 16.5. The Labute approximate surface area is 199 Å². The van der Waals surface area contributed by atoms with Crippen LogP contribution >= 0.6 is 0 Å². The zero-order valence-corrected chi connectivity index (χ0v) is 19.4. The van der Waals surface area contributed by atoms with Gasteiger partial charge in [0.1, 0.15) is 23.0 Å². The predicted octanol–water partition coefficient (Wildman–Crippen LogP) is 6.62. The van der Waals surface area contributed by atoms with Crippen LogP contribution in [0, 0.1) is 0 Å². The summed E-state index contributed by atoms with van der Waals surface area (Å²) in [5.41, 5.74) is 4.39. The summed E-state index contributed by atoms with van der Waals surface area (Å²) in [6.45, 7) is 1.46. The van der Waals surface area contributed by atoms with Crippen molar-refractivity contribution in [2.24, 2.45) is 0 Å². The standard InChI is InChI=1S/C30H30O4/c31-27-19-11-3-5-13-23(19)29-25(15-7-17-33-29)21(27)9-1-2-10-22-26-16-8-18-34-30(26)24-14-6-4-12-20(24)28(22)32/h3-6,11-14,31-32H,1-2,7-10,15-18H2. The highest BCUT2D eigenvalue weighted by molar-refractivity contribution is 5.97. The van der Waals surface area contributed by atoms with E-state index in [9.17, 15) is 10.2 Å². The minimum Gasteiger partial charge on any atom is -0.507 e. The predicted molar refractivity (Wildman–Crippen MR) is 135 cm³/mol. The zero-order chi connectivity index (χ0) is 23.1. The van der Waals surface area contributed by atoms with Crippen molar-refractivity contribution >= 4 is 21.5 Å². The largest absolute Gasteiger partial charge is 0.507 e. The maximum Gasteiger partial charge on any atom is 0.130 e. The summed E-state index contributed by atoms with van der Waals surface area (Å²) in [5.74, 6) is 2.71. The smallest absolute Gasteiger partial charge is 0.130 e. The second-order valence-corrected chi connectivity index (χ2v) is 9.47. The summed E-state index contributed by atoms with van der Waals surface area (Å²) in [7, 11) is 0. The average molecular weight is 455 g/mol. The Morgan fingerprint density at radius 2 is 1.00 bits per heavy atom. The SMILES string of the molecule is Oc1c(CCCCc2c3c(c4ccccc4c2O)OCCC3)c2c(c3ccccc13)OCCC2. The van der Waals surface area contributed by atoms with Crippen molar-refractivity contribution in [1.82, 2.24) is 0 Å². The molecule has 4 heteroatoms. The van der Waals surface area contributed by atoms with Crippen LogP contribution in [-0.4, -0.2) is 23.4 Å². The van der Waals surface area contributed by atoms with Gasteiger partial charge in [-0.25, -0.2) is 0 Å². The van der Waals surface area contributed by atoms with Gasteiger partial charge in [0, 0.05) is 43.8 Å². The number of phenols is 2. The van der Waals surface area contributed by atoms with Crippen molar-refractivity contribution in [2.75, 3.05) is 13.2 Å². The lowest BCUT2D eigenvalue weighted by atomic mass is 9.89. The lowest BCUT2D eigenvalue weighted by Crippen LogP contribution is -2.12. The van der Waals surface area contributed by atoms with Gasteiger partial charge in [0.25, 0.3) is 0 Å². The van der Waals surface area contributed by atoms with Gasteiger partial charge in [-0.2, -0.15) is 0 Å². The van der Waals surface area contributed by atoms with E-state index >= 15 is 0 Å². The van der Waals surface area contributed by atoms with Crippen molar-refractivity contribution in [2.45, 2.75) is 51.4 Å². The number of aromatic hydroxyl groups is 2. The van der Waals surface area contributed by atoms with Crippen LogP contribution < -0.4 is 9.47 Å². The van der Waals surface area contributed by atoms with E-state index in [4.69, 9.17) is 9.47 Å². The van der Waals surface area contributed by atoms with Gasteiger partial charge in [-0.1, -0.05) is 48.5 Å². The Morgan fingerprint density at radius 1 is 0.588 bits per heavy atom. The van der Waals surface area contributed by atoms with Gasteiger partial charge in [0.15, 0.2) is 0 Å². The Kier molecular flexibility index (Phi) is 5.44. The molecule has 2 N–H and O–H groups in total. The third-order valence-electron chi connectivity index (χ3n) is 7.44. The first-order valence-electron chi connectivity index (χ1n) is 12.5. The molecule has 0 radical (unpaired) electrons. The number of phenolic OH excluding ortho intramolecular Hbond substituents is 2. The van der Waals surface area contributed by atoms with Crippen molar-refractivity contribution in [3.63, 3.8) is 0 Å². The summed E-state index contributed by atoms with van der Waals surface area (Å²) in [6.07, 6.45) is 7.31. The molecule has 4 aromatic rings. The second-order valence-electron chi connectivity index (χ2n) is 9.47. The van der Waals surface area contributed by atoms with Crippen LogP contribution in [0.25, 0.3) is 21.5 Å². The second kappa shape index (κ2) is 8.75. The number of benzene rings is 4. The van der Waals surface area contributed by atoms with Crippen LogP contribution in [-0.2, 0) is 25.7 Å². The molecule has 4 aromatic carbocycles. The molecule has 2 aliphatic heterocycles. The van der Waals surface area contributed by atoms with E-state index < -0.39 is 0 Å².